The van der Waals surface area contributed by atoms with E-state index in [0.29, 0.717) is 49.5 Å². The summed E-state index contributed by atoms with van der Waals surface area (Å²) in [5.41, 5.74) is 9.68. The summed E-state index contributed by atoms with van der Waals surface area (Å²) in [6.45, 7) is 6.63. The van der Waals surface area contributed by atoms with Crippen molar-refractivity contribution in [2.24, 2.45) is 0 Å². The number of halogens is 4. The molecule has 2 aromatic heterocycles. The zero-order chi connectivity index (χ0) is 34.0. The Kier molecular flexibility index (Phi) is 10.4. The van der Waals surface area contributed by atoms with Crippen LogP contribution in [0.5, 0.6) is 0 Å². The molecule has 0 saturated carbocycles. The Labute approximate surface area is 289 Å². The molecule has 6 rings (SSSR count). The maximum atomic E-state index is 11.9. The summed E-state index contributed by atoms with van der Waals surface area (Å²) < 4.78 is 3.31. The molecule has 0 aliphatic rings. The van der Waals surface area contributed by atoms with Crippen molar-refractivity contribution in [3.05, 3.63) is 126 Å². The van der Waals surface area contributed by atoms with Gasteiger partial charge in [-0.1, -0.05) is 88.4 Å². The molecule has 4 N–H and O–H groups in total. The zero-order valence-corrected chi connectivity index (χ0v) is 28.3. The molecule has 0 radical (unpaired) electrons. The van der Waals surface area contributed by atoms with Crippen LogP contribution in [0.15, 0.2) is 66.7 Å². The second kappa shape index (κ2) is 14.3. The Morgan fingerprint density at radius 2 is 1.23 bits per heavy atom. The van der Waals surface area contributed by atoms with Crippen molar-refractivity contribution in [2.45, 2.75) is 33.9 Å². The number of nitrogens with one attached hydrogen (secondary N) is 2. The maximum absolute atomic E-state index is 11.9. The molecule has 0 aliphatic carbocycles. The Balaban J connectivity index is 0.000000185. The van der Waals surface area contributed by atoms with Crippen LogP contribution in [0.3, 0.4) is 0 Å². The van der Waals surface area contributed by atoms with Gasteiger partial charge in [-0.3, -0.25) is 29.4 Å². The third kappa shape index (κ3) is 7.23. The van der Waals surface area contributed by atoms with Crippen LogP contribution < -0.4 is 11.0 Å². The number of nitrogens with zero attached hydrogens (tertiary/aromatic N) is 4. The fourth-order valence-electron chi connectivity index (χ4n) is 5.34. The lowest BCUT2D eigenvalue weighted by Gasteiger charge is -2.08. The van der Waals surface area contributed by atoms with E-state index in [1.54, 1.807) is 32.5 Å². The summed E-state index contributed by atoms with van der Waals surface area (Å²) in [6, 6.07) is 20.3. The van der Waals surface area contributed by atoms with Crippen molar-refractivity contribution in [1.82, 2.24) is 30.5 Å². The zero-order valence-electron chi connectivity index (χ0n) is 25.3. The first-order valence-corrected chi connectivity index (χ1v) is 15.6. The van der Waals surface area contributed by atoms with E-state index in [2.05, 4.69) is 10.2 Å². The topological polar surface area (TPSA) is 134 Å². The first-order chi connectivity index (χ1) is 22.4. The SMILES string of the molecule is Cc1cc(C)c2c(c1)c(C(=O)NO)nn2Cc1ccccc1Cl.Cc1ccc(Cn2nc(C(=O)NO)c3cc(Cl)cc(Cl)c32)c(Cl)c1. The van der Waals surface area contributed by atoms with Crippen LogP contribution >= 0.6 is 46.4 Å². The standard InChI is InChI=1S/C17H16ClN3O2.C16H12Cl3N3O2/c1-10-7-11(2)16-13(8-10)15(17(22)20-23)19-21(16)9-12-5-3-4-6-14(12)18;1-8-2-3-9(12(18)4-8)7-22-15-11(5-10(17)6-13(15)19)14(20-22)16(23)21-24/h3-8,23H,9H2,1-2H3,(H,20,22);2-6,24H,7H2,1H3,(H,21,23). The first-order valence-electron chi connectivity index (χ1n) is 14.1. The number of fused-ring (bicyclic) bond motifs is 2. The molecular weight excluding hydrogens is 686 g/mol. The van der Waals surface area contributed by atoms with Crippen molar-refractivity contribution in [3.8, 4) is 0 Å². The van der Waals surface area contributed by atoms with Crippen LogP contribution in [0, 0.1) is 20.8 Å². The number of carbonyl (C=O) groups excluding carboxylic acids is 2. The highest BCUT2D eigenvalue weighted by Crippen LogP contribution is 2.32. The second-order valence-electron chi connectivity index (χ2n) is 10.8. The lowest BCUT2D eigenvalue weighted by Crippen LogP contribution is -2.19. The van der Waals surface area contributed by atoms with Gasteiger partial charge in [0.15, 0.2) is 11.4 Å². The fraction of sp³-hybridized carbons (Fsp3) is 0.152. The van der Waals surface area contributed by atoms with Crippen molar-refractivity contribution in [2.75, 3.05) is 0 Å². The van der Waals surface area contributed by atoms with Gasteiger partial charge < -0.3 is 0 Å². The number of carbonyl (C=O) groups is 2. The third-order valence-electron chi connectivity index (χ3n) is 7.38. The Morgan fingerprint density at radius 1 is 0.660 bits per heavy atom. The van der Waals surface area contributed by atoms with Crippen molar-refractivity contribution < 1.29 is 20.0 Å². The molecule has 242 valence electrons. The number of hydrogen-bond acceptors (Lipinski definition) is 6. The summed E-state index contributed by atoms with van der Waals surface area (Å²) in [5, 5.41) is 29.6. The van der Waals surface area contributed by atoms with E-state index >= 15 is 0 Å². The summed E-state index contributed by atoms with van der Waals surface area (Å²) in [6.07, 6.45) is 0. The monoisotopic (exact) mass is 712 g/mol. The van der Waals surface area contributed by atoms with E-state index in [9.17, 15) is 9.59 Å². The van der Waals surface area contributed by atoms with Gasteiger partial charge in [0.1, 0.15) is 0 Å². The van der Waals surface area contributed by atoms with Crippen LogP contribution in [0.1, 0.15) is 48.8 Å². The predicted octanol–water partition coefficient (Wildman–Crippen LogP) is 7.95. The molecule has 0 unspecified atom stereocenters. The largest absolute Gasteiger partial charge is 0.295 e. The first kappa shape index (κ1) is 34.2. The number of amides is 2. The van der Waals surface area contributed by atoms with Crippen LogP contribution in [0.2, 0.25) is 20.1 Å². The molecule has 0 bridgehead atoms. The number of hydroxylamine groups is 2. The quantitative estimate of drug-likeness (QED) is 0.102. The van der Waals surface area contributed by atoms with Crippen molar-refractivity contribution >= 4 is 80.0 Å². The number of aromatic nitrogens is 4. The van der Waals surface area contributed by atoms with E-state index < -0.39 is 11.8 Å². The summed E-state index contributed by atoms with van der Waals surface area (Å²) in [4.78, 5) is 23.8. The van der Waals surface area contributed by atoms with Gasteiger partial charge >= 0.3 is 0 Å². The van der Waals surface area contributed by atoms with E-state index in [1.165, 1.54) is 0 Å². The molecule has 0 atom stereocenters. The number of rotatable bonds is 6. The highest BCUT2D eigenvalue weighted by molar-refractivity contribution is 6.39. The van der Waals surface area contributed by atoms with Gasteiger partial charge in [0.05, 0.1) is 29.1 Å². The molecule has 0 fully saturated rings. The summed E-state index contributed by atoms with van der Waals surface area (Å²) in [7, 11) is 0. The molecule has 10 nitrogen and oxygen atoms in total. The van der Waals surface area contributed by atoms with Gasteiger partial charge in [-0.2, -0.15) is 10.2 Å². The molecule has 2 heterocycles. The molecule has 0 spiro atoms. The maximum Gasteiger partial charge on any atom is 0.295 e. The Hall–Kier alpha value is -4.16. The second-order valence-corrected chi connectivity index (χ2v) is 12.5. The Morgan fingerprint density at radius 3 is 1.83 bits per heavy atom. The van der Waals surface area contributed by atoms with Gasteiger partial charge in [0, 0.05) is 25.8 Å². The van der Waals surface area contributed by atoms with Gasteiger partial charge in [0.2, 0.25) is 0 Å². The molecule has 14 heteroatoms. The third-order valence-corrected chi connectivity index (χ3v) is 8.61. The molecule has 47 heavy (non-hydrogen) atoms. The predicted molar refractivity (Wildman–Crippen MR) is 183 cm³/mol. The van der Waals surface area contributed by atoms with Crippen LogP contribution in [0.25, 0.3) is 21.8 Å². The van der Waals surface area contributed by atoms with Gasteiger partial charge in [0.25, 0.3) is 11.8 Å². The molecule has 6 aromatic rings. The van der Waals surface area contributed by atoms with Gasteiger partial charge in [-0.25, -0.2) is 11.0 Å². The van der Waals surface area contributed by atoms with Crippen LogP contribution in [-0.2, 0) is 13.1 Å². The lowest BCUT2D eigenvalue weighted by molar-refractivity contribution is 0.0697. The summed E-state index contributed by atoms with van der Waals surface area (Å²) in [5.74, 6) is -1.37. The number of benzene rings is 4. The molecule has 0 saturated heterocycles. The summed E-state index contributed by atoms with van der Waals surface area (Å²) >= 11 is 24.8. The van der Waals surface area contributed by atoms with Crippen molar-refractivity contribution in [1.29, 1.82) is 0 Å². The molecule has 4 aromatic carbocycles. The lowest BCUT2D eigenvalue weighted by atomic mass is 10.1. The molecule has 0 aliphatic heterocycles. The minimum Gasteiger partial charge on any atom is -0.288 e. The fourth-order valence-corrected chi connectivity index (χ4v) is 6.42. The molecular formula is C33H28Cl4N6O4. The van der Waals surface area contributed by atoms with E-state index in [4.69, 9.17) is 56.8 Å². The minimum absolute atomic E-state index is 0.0279. The normalized spacial score (nSPS) is 11.0. The number of hydrogen-bond donors (Lipinski definition) is 4. The average molecular weight is 714 g/mol. The van der Waals surface area contributed by atoms with Gasteiger partial charge in [-0.05, 0) is 73.4 Å². The minimum atomic E-state index is -0.743. The highest BCUT2D eigenvalue weighted by atomic mass is 35.5. The van der Waals surface area contributed by atoms with E-state index in [-0.39, 0.29) is 11.4 Å². The van der Waals surface area contributed by atoms with Crippen LogP contribution in [0.4, 0.5) is 0 Å². The van der Waals surface area contributed by atoms with E-state index in [0.717, 1.165) is 33.3 Å². The van der Waals surface area contributed by atoms with E-state index in [1.807, 2.05) is 75.4 Å². The Bertz CT molecular complexity index is 2160. The highest BCUT2D eigenvalue weighted by Gasteiger charge is 2.21. The number of aryl methyl sites for hydroxylation is 3. The van der Waals surface area contributed by atoms with Gasteiger partial charge in [-0.15, -0.1) is 0 Å². The van der Waals surface area contributed by atoms with Crippen molar-refractivity contribution in [3.63, 3.8) is 0 Å². The average Bonchev–Trinajstić information content (AvgIpc) is 3.57. The smallest absolute Gasteiger partial charge is 0.288 e. The van der Waals surface area contributed by atoms with Crippen LogP contribution in [-0.4, -0.2) is 41.8 Å². The molecule has 2 amide bonds.